The van der Waals surface area contributed by atoms with E-state index in [0.717, 1.165) is 22.4 Å². The van der Waals surface area contributed by atoms with Gasteiger partial charge in [0.15, 0.2) is 0 Å². The van der Waals surface area contributed by atoms with Crippen molar-refractivity contribution in [3.8, 4) is 0 Å². The molecule has 0 aromatic heterocycles. The lowest BCUT2D eigenvalue weighted by molar-refractivity contribution is -0.138. The normalized spacial score (nSPS) is 13.8. The van der Waals surface area contributed by atoms with Crippen LogP contribution in [0.25, 0.3) is 0 Å². The molecule has 0 aliphatic heterocycles. The van der Waals surface area contributed by atoms with Gasteiger partial charge in [-0.15, -0.1) is 11.8 Å². The molecule has 0 fully saturated rings. The maximum Gasteiger partial charge on any atom is 0.322 e. The Morgan fingerprint density at radius 2 is 1.29 bits per heavy atom. The number of benzene rings is 3. The molecule has 0 aliphatic rings. The molecule has 4 amide bonds. The van der Waals surface area contributed by atoms with Crippen LogP contribution < -0.4 is 21.3 Å². The van der Waals surface area contributed by atoms with Crippen molar-refractivity contribution in [3.05, 3.63) is 120 Å². The molecule has 3 aromatic carbocycles. The summed E-state index contributed by atoms with van der Waals surface area (Å²) in [5, 5.41) is 29.2. The van der Waals surface area contributed by atoms with Crippen LogP contribution >= 0.6 is 24.4 Å². The number of hydrogen-bond donors (Lipinski definition) is 7. The minimum Gasteiger partial charge on any atom is -0.480 e. The zero-order valence-corrected chi connectivity index (χ0v) is 31.2. The Labute approximate surface area is 314 Å². The highest BCUT2D eigenvalue weighted by Gasteiger charge is 2.36. The maximum atomic E-state index is 12.9. The summed E-state index contributed by atoms with van der Waals surface area (Å²) in [7, 11) is 0. The number of aliphatic hydroxyl groups excluding tert-OH is 1. The van der Waals surface area contributed by atoms with E-state index < -0.39 is 65.1 Å². The lowest BCUT2D eigenvalue weighted by atomic mass is 9.84. The van der Waals surface area contributed by atoms with Crippen LogP contribution in [-0.4, -0.2) is 82.1 Å². The molecule has 0 saturated heterocycles. The average molecular weight is 749 g/mol. The largest absolute Gasteiger partial charge is 0.480 e. The monoisotopic (exact) mass is 748 g/mol. The van der Waals surface area contributed by atoms with Gasteiger partial charge in [-0.2, -0.15) is 12.6 Å². The van der Waals surface area contributed by atoms with Crippen LogP contribution in [0.4, 0.5) is 0 Å². The number of aliphatic carboxylic acids is 1. The molecule has 3 aromatic rings. The number of thiol groups is 1. The van der Waals surface area contributed by atoms with E-state index in [2.05, 4.69) is 70.3 Å². The number of amides is 4. The summed E-state index contributed by atoms with van der Waals surface area (Å²) < 4.78 is -0.466. The zero-order valence-electron chi connectivity index (χ0n) is 29.5. The lowest BCUT2D eigenvalue weighted by Crippen LogP contribution is -2.58. The van der Waals surface area contributed by atoms with Crippen LogP contribution in [0.2, 0.25) is 0 Å². The van der Waals surface area contributed by atoms with Gasteiger partial charge >= 0.3 is 5.97 Å². The first-order chi connectivity index (χ1) is 24.9. The van der Waals surface area contributed by atoms with Gasteiger partial charge < -0.3 is 31.5 Å². The van der Waals surface area contributed by atoms with Crippen LogP contribution in [0, 0.1) is 5.92 Å². The number of allylic oxidation sites excluding steroid dienone is 1. The first kappa shape index (κ1) is 41.8. The van der Waals surface area contributed by atoms with Crippen molar-refractivity contribution in [2.75, 3.05) is 18.1 Å². The van der Waals surface area contributed by atoms with Gasteiger partial charge in [0.2, 0.25) is 23.6 Å². The molecule has 3 rings (SSSR count). The van der Waals surface area contributed by atoms with Gasteiger partial charge in [-0.25, -0.2) is 0 Å². The summed E-state index contributed by atoms with van der Waals surface area (Å²) in [6.07, 6.45) is 2.68. The second kappa shape index (κ2) is 21.1. The second-order valence-corrected chi connectivity index (χ2v) is 14.2. The van der Waals surface area contributed by atoms with E-state index in [1.165, 1.54) is 6.92 Å². The SMILES string of the molecule is CC(C)[C@@H](NC(=O)[C@@H](CS)NC(=O)[C@@H](C)NC(=O)C[C@H](O)/C=C/CCSC(c1ccccc1)(c1ccccc1)c1ccccc1)C(=O)NCC(=O)O. The molecule has 52 heavy (non-hydrogen) atoms. The Morgan fingerprint density at radius 1 is 0.769 bits per heavy atom. The number of rotatable bonds is 20. The van der Waals surface area contributed by atoms with Gasteiger partial charge in [0, 0.05) is 5.75 Å². The highest BCUT2D eigenvalue weighted by Crippen LogP contribution is 2.48. The Hall–Kier alpha value is -4.59. The molecule has 278 valence electrons. The van der Waals surface area contributed by atoms with Crippen LogP contribution in [0.3, 0.4) is 0 Å². The zero-order chi connectivity index (χ0) is 38.1. The Kier molecular flexibility index (Phi) is 16.9. The van der Waals surface area contributed by atoms with Crippen LogP contribution in [0.5, 0.6) is 0 Å². The quantitative estimate of drug-likeness (QED) is 0.0397. The lowest BCUT2D eigenvalue weighted by Gasteiger charge is -2.35. The molecular weight excluding hydrogens is 701 g/mol. The summed E-state index contributed by atoms with van der Waals surface area (Å²) in [6.45, 7) is 4.18. The fourth-order valence-corrected chi connectivity index (χ4v) is 7.20. The van der Waals surface area contributed by atoms with Crippen molar-refractivity contribution < 1.29 is 34.2 Å². The van der Waals surface area contributed by atoms with Gasteiger partial charge in [-0.1, -0.05) is 117 Å². The third-order valence-electron chi connectivity index (χ3n) is 8.14. The Balaban J connectivity index is 1.54. The topological polar surface area (TPSA) is 174 Å². The van der Waals surface area contributed by atoms with Crippen LogP contribution in [0.15, 0.2) is 103 Å². The van der Waals surface area contributed by atoms with Gasteiger partial charge in [0.25, 0.3) is 0 Å². The van der Waals surface area contributed by atoms with Crippen molar-refractivity contribution in [1.82, 2.24) is 21.3 Å². The van der Waals surface area contributed by atoms with Crippen molar-refractivity contribution in [3.63, 3.8) is 0 Å². The van der Waals surface area contributed by atoms with Crippen LogP contribution in [0.1, 0.15) is 50.3 Å². The van der Waals surface area contributed by atoms with Gasteiger partial charge in [0.05, 0.1) is 17.3 Å². The average Bonchev–Trinajstić information content (AvgIpc) is 3.14. The predicted molar refractivity (Wildman–Crippen MR) is 207 cm³/mol. The molecule has 0 heterocycles. The first-order valence-corrected chi connectivity index (χ1v) is 18.7. The maximum absolute atomic E-state index is 12.9. The molecule has 6 N–H and O–H groups in total. The molecule has 0 spiro atoms. The highest BCUT2D eigenvalue weighted by atomic mass is 32.2. The van der Waals surface area contributed by atoms with Crippen LogP contribution in [-0.2, 0) is 28.7 Å². The van der Waals surface area contributed by atoms with E-state index in [4.69, 9.17) is 5.11 Å². The molecule has 0 saturated carbocycles. The minimum atomic E-state index is -1.23. The molecule has 0 unspecified atom stereocenters. The minimum absolute atomic E-state index is 0.106. The van der Waals surface area contributed by atoms with Gasteiger partial charge in [-0.3, -0.25) is 24.0 Å². The molecule has 0 bridgehead atoms. The number of carbonyl (C=O) groups is 5. The Bertz CT molecular complexity index is 1550. The number of thioether (sulfide) groups is 1. The fourth-order valence-electron chi connectivity index (χ4n) is 5.48. The molecule has 0 radical (unpaired) electrons. The molecule has 4 atom stereocenters. The summed E-state index contributed by atoms with van der Waals surface area (Å²) in [5.41, 5.74) is 3.45. The number of carboxylic acid groups (broad SMARTS) is 1. The standard InChI is InChI=1S/C39H48N4O7S2/c1-26(2)35(38(50)40-24-34(46)47)43-37(49)32(25-51)42-36(48)27(3)41-33(45)23-31(44)21-13-14-22-52-39(28-15-7-4-8-16-28,29-17-9-5-10-18-29)30-19-11-6-12-20-30/h4-13,15-21,26-27,31-32,35,44,51H,14,22-25H2,1-3H3,(H,40,50)(H,41,45)(H,42,48)(H,43,49)(H,46,47)/b21-13+/t27-,31-,32-,35-/m1/s1. The summed E-state index contributed by atoms with van der Waals surface area (Å²) in [6, 6.07) is 27.8. The summed E-state index contributed by atoms with van der Waals surface area (Å²) in [5.74, 6) is -3.60. The van der Waals surface area contributed by atoms with E-state index in [0.29, 0.717) is 6.42 Å². The number of hydrogen-bond acceptors (Lipinski definition) is 8. The molecular formula is C39H48N4O7S2. The fraction of sp³-hybridized carbons (Fsp3) is 0.359. The third kappa shape index (κ3) is 12.3. The number of aliphatic hydroxyl groups is 1. The Morgan fingerprint density at radius 3 is 1.75 bits per heavy atom. The van der Waals surface area contributed by atoms with E-state index >= 15 is 0 Å². The van der Waals surface area contributed by atoms with Gasteiger partial charge in [-0.05, 0) is 41.7 Å². The molecule has 0 aliphatic carbocycles. The van der Waals surface area contributed by atoms with Crippen molar-refractivity contribution in [1.29, 1.82) is 0 Å². The summed E-state index contributed by atoms with van der Waals surface area (Å²) in [4.78, 5) is 61.6. The third-order valence-corrected chi connectivity index (χ3v) is 10.1. The van der Waals surface area contributed by atoms with E-state index in [-0.39, 0.29) is 18.1 Å². The number of carbonyl (C=O) groups excluding carboxylic acids is 4. The van der Waals surface area contributed by atoms with Crippen molar-refractivity contribution in [2.24, 2.45) is 5.92 Å². The number of carboxylic acids is 1. The van der Waals surface area contributed by atoms with Crippen molar-refractivity contribution >= 4 is 54.0 Å². The van der Waals surface area contributed by atoms with Crippen molar-refractivity contribution in [2.45, 2.75) is 62.6 Å². The van der Waals surface area contributed by atoms with E-state index in [1.807, 2.05) is 60.7 Å². The van der Waals surface area contributed by atoms with E-state index in [9.17, 15) is 29.1 Å². The molecule has 13 heteroatoms. The smallest absolute Gasteiger partial charge is 0.322 e. The highest BCUT2D eigenvalue weighted by molar-refractivity contribution is 8.00. The predicted octanol–water partition coefficient (Wildman–Crippen LogP) is 3.67. The summed E-state index contributed by atoms with van der Waals surface area (Å²) >= 11 is 5.93. The second-order valence-electron chi connectivity index (χ2n) is 12.5. The first-order valence-electron chi connectivity index (χ1n) is 17.0. The van der Waals surface area contributed by atoms with E-state index in [1.54, 1.807) is 31.7 Å². The van der Waals surface area contributed by atoms with Gasteiger partial charge in [0.1, 0.15) is 24.7 Å². The molecule has 11 nitrogen and oxygen atoms in total. The number of nitrogens with one attached hydrogen (secondary N) is 4.